The molecular formula is C12H10ClFO2. The first-order valence-electron chi connectivity index (χ1n) is 4.62. The Morgan fingerprint density at radius 3 is 2.94 bits per heavy atom. The summed E-state index contributed by atoms with van der Waals surface area (Å²) in [5.41, 5.74) is 0.0631. The smallest absolute Gasteiger partial charge is 0.340 e. The number of halogens is 2. The fourth-order valence-corrected chi connectivity index (χ4v) is 1.20. The van der Waals surface area contributed by atoms with Crippen molar-refractivity contribution in [1.29, 1.82) is 0 Å². The fraction of sp³-hybridized carbons (Fsp3) is 0.250. The summed E-state index contributed by atoms with van der Waals surface area (Å²) in [4.78, 5) is 11.2. The lowest BCUT2D eigenvalue weighted by atomic mass is 10.1. The van der Waals surface area contributed by atoms with E-state index in [9.17, 15) is 9.18 Å². The molecule has 1 rings (SSSR count). The van der Waals surface area contributed by atoms with Gasteiger partial charge in [-0.2, -0.15) is 0 Å². The molecule has 0 saturated carbocycles. The molecule has 0 aromatic heterocycles. The Balaban J connectivity index is 3.05. The summed E-state index contributed by atoms with van der Waals surface area (Å²) in [7, 11) is 1.20. The minimum atomic E-state index is -0.710. The predicted octanol–water partition coefficient (Wildman–Crippen LogP) is 2.59. The molecule has 2 nitrogen and oxygen atoms in total. The molecule has 0 saturated heterocycles. The maximum absolute atomic E-state index is 13.7. The van der Waals surface area contributed by atoms with Crippen LogP contribution in [0.4, 0.5) is 4.39 Å². The van der Waals surface area contributed by atoms with Crippen molar-refractivity contribution in [3.8, 4) is 11.8 Å². The van der Waals surface area contributed by atoms with Crippen LogP contribution in [0.2, 0.25) is 0 Å². The zero-order valence-electron chi connectivity index (χ0n) is 8.72. The highest BCUT2D eigenvalue weighted by molar-refractivity contribution is 6.18. The molecule has 4 heteroatoms. The summed E-state index contributed by atoms with van der Waals surface area (Å²) in [5, 5.41) is 0. The van der Waals surface area contributed by atoms with Gasteiger partial charge < -0.3 is 4.74 Å². The van der Waals surface area contributed by atoms with Gasteiger partial charge in [-0.1, -0.05) is 17.9 Å². The second-order valence-electron chi connectivity index (χ2n) is 2.90. The quantitative estimate of drug-likeness (QED) is 0.451. The number of benzene rings is 1. The third-order valence-corrected chi connectivity index (χ3v) is 2.04. The highest BCUT2D eigenvalue weighted by Gasteiger charge is 2.13. The predicted molar refractivity (Wildman–Crippen MR) is 60.0 cm³/mol. The van der Waals surface area contributed by atoms with E-state index in [0.717, 1.165) is 0 Å². The third kappa shape index (κ3) is 2.98. The summed E-state index contributed by atoms with van der Waals surface area (Å²) >= 11 is 5.44. The summed E-state index contributed by atoms with van der Waals surface area (Å²) in [6, 6.07) is 4.41. The number of hydrogen-bond donors (Lipinski definition) is 0. The molecule has 1 aromatic rings. The van der Waals surface area contributed by atoms with E-state index in [1.54, 1.807) is 6.07 Å². The molecule has 0 aliphatic rings. The van der Waals surface area contributed by atoms with Gasteiger partial charge in [0.2, 0.25) is 0 Å². The van der Waals surface area contributed by atoms with Crippen molar-refractivity contribution >= 4 is 17.6 Å². The van der Waals surface area contributed by atoms with Crippen LogP contribution < -0.4 is 0 Å². The first-order valence-corrected chi connectivity index (χ1v) is 5.15. The van der Waals surface area contributed by atoms with Crippen LogP contribution in [-0.4, -0.2) is 19.0 Å². The SMILES string of the molecule is COC(=O)c1cccc(C#CCCCl)c1F. The Hall–Kier alpha value is -1.53. The molecule has 84 valence electrons. The van der Waals surface area contributed by atoms with Crippen molar-refractivity contribution in [2.24, 2.45) is 0 Å². The molecular weight excluding hydrogens is 231 g/mol. The van der Waals surface area contributed by atoms with Crippen molar-refractivity contribution in [2.45, 2.75) is 6.42 Å². The summed E-state index contributed by atoms with van der Waals surface area (Å²) in [6.45, 7) is 0. The second-order valence-corrected chi connectivity index (χ2v) is 3.28. The molecule has 0 heterocycles. The van der Waals surface area contributed by atoms with Gasteiger partial charge in [0.1, 0.15) is 0 Å². The summed E-state index contributed by atoms with van der Waals surface area (Å²) < 4.78 is 18.2. The highest BCUT2D eigenvalue weighted by Crippen LogP contribution is 2.13. The minimum absolute atomic E-state index is 0.111. The molecule has 0 bridgehead atoms. The van der Waals surface area contributed by atoms with E-state index in [0.29, 0.717) is 12.3 Å². The lowest BCUT2D eigenvalue weighted by Gasteiger charge is -2.01. The van der Waals surface area contributed by atoms with Crippen LogP contribution in [0.5, 0.6) is 0 Å². The molecule has 0 spiro atoms. The number of alkyl halides is 1. The molecule has 0 aliphatic carbocycles. The van der Waals surface area contributed by atoms with E-state index in [4.69, 9.17) is 11.6 Å². The average molecular weight is 241 g/mol. The molecule has 16 heavy (non-hydrogen) atoms. The Kier molecular flexibility index (Phi) is 4.81. The average Bonchev–Trinajstić information content (AvgIpc) is 2.30. The zero-order valence-corrected chi connectivity index (χ0v) is 9.47. The number of esters is 1. The van der Waals surface area contributed by atoms with Crippen LogP contribution >= 0.6 is 11.6 Å². The van der Waals surface area contributed by atoms with Gasteiger partial charge in [-0.15, -0.1) is 11.6 Å². The number of carbonyl (C=O) groups is 1. The Morgan fingerprint density at radius 2 is 2.31 bits per heavy atom. The lowest BCUT2D eigenvalue weighted by Crippen LogP contribution is -2.05. The van der Waals surface area contributed by atoms with Crippen molar-refractivity contribution in [2.75, 3.05) is 13.0 Å². The normalized spacial score (nSPS) is 9.19. The number of hydrogen-bond acceptors (Lipinski definition) is 2. The van der Waals surface area contributed by atoms with Gasteiger partial charge in [-0.3, -0.25) is 0 Å². The molecule has 0 aliphatic heterocycles. The van der Waals surface area contributed by atoms with E-state index < -0.39 is 11.8 Å². The summed E-state index contributed by atoms with van der Waals surface area (Å²) in [6.07, 6.45) is 0.476. The van der Waals surface area contributed by atoms with Crippen molar-refractivity contribution in [1.82, 2.24) is 0 Å². The standard InChI is InChI=1S/C12H10ClFO2/c1-16-12(15)10-7-4-6-9(11(10)14)5-2-3-8-13/h4,6-7H,3,8H2,1H3. The number of methoxy groups -OCH3 is 1. The van der Waals surface area contributed by atoms with Gasteiger partial charge in [0.15, 0.2) is 5.82 Å². The van der Waals surface area contributed by atoms with Crippen LogP contribution in [0.1, 0.15) is 22.3 Å². The monoisotopic (exact) mass is 240 g/mol. The first-order chi connectivity index (χ1) is 7.70. The second kappa shape index (κ2) is 6.14. The topological polar surface area (TPSA) is 26.3 Å². The van der Waals surface area contributed by atoms with Gasteiger partial charge in [0.05, 0.1) is 18.2 Å². The zero-order chi connectivity index (χ0) is 12.0. The third-order valence-electron chi connectivity index (χ3n) is 1.85. The number of carbonyl (C=O) groups excluding carboxylic acids is 1. The van der Waals surface area contributed by atoms with Crippen LogP contribution in [0.25, 0.3) is 0 Å². The molecule has 0 amide bonds. The van der Waals surface area contributed by atoms with Crippen LogP contribution in [0.3, 0.4) is 0 Å². The minimum Gasteiger partial charge on any atom is -0.465 e. The number of ether oxygens (including phenoxy) is 1. The molecule has 1 aromatic carbocycles. The maximum atomic E-state index is 13.7. The highest BCUT2D eigenvalue weighted by atomic mass is 35.5. The van der Waals surface area contributed by atoms with E-state index >= 15 is 0 Å². The Morgan fingerprint density at radius 1 is 1.56 bits per heavy atom. The molecule has 0 atom stereocenters. The van der Waals surface area contributed by atoms with Gasteiger partial charge in [-0.25, -0.2) is 9.18 Å². The molecule has 0 N–H and O–H groups in total. The first kappa shape index (κ1) is 12.5. The van der Waals surface area contributed by atoms with Crippen molar-refractivity contribution in [3.05, 3.63) is 35.1 Å². The Bertz CT molecular complexity index is 446. The summed E-state index contributed by atoms with van der Waals surface area (Å²) in [5.74, 6) is 4.35. The van der Waals surface area contributed by atoms with E-state index in [1.807, 2.05) is 0 Å². The fourth-order valence-electron chi connectivity index (χ4n) is 1.10. The van der Waals surface area contributed by atoms with Crippen molar-refractivity contribution in [3.63, 3.8) is 0 Å². The Labute approximate surface area is 98.4 Å². The number of rotatable bonds is 2. The van der Waals surface area contributed by atoms with E-state index in [-0.39, 0.29) is 11.1 Å². The van der Waals surface area contributed by atoms with Gasteiger partial charge in [-0.05, 0) is 12.1 Å². The maximum Gasteiger partial charge on any atom is 0.340 e. The van der Waals surface area contributed by atoms with Gasteiger partial charge in [0.25, 0.3) is 0 Å². The van der Waals surface area contributed by atoms with E-state index in [1.165, 1.54) is 19.2 Å². The van der Waals surface area contributed by atoms with Crippen LogP contribution in [-0.2, 0) is 4.74 Å². The molecule has 0 fully saturated rings. The van der Waals surface area contributed by atoms with Gasteiger partial charge in [0, 0.05) is 12.3 Å². The van der Waals surface area contributed by atoms with E-state index in [2.05, 4.69) is 16.6 Å². The van der Waals surface area contributed by atoms with Crippen molar-refractivity contribution < 1.29 is 13.9 Å². The molecule has 0 radical (unpaired) electrons. The lowest BCUT2D eigenvalue weighted by molar-refractivity contribution is 0.0595. The molecule has 0 unspecified atom stereocenters. The van der Waals surface area contributed by atoms with Crippen LogP contribution in [0, 0.1) is 17.7 Å². The largest absolute Gasteiger partial charge is 0.465 e. The van der Waals surface area contributed by atoms with Gasteiger partial charge >= 0.3 is 5.97 Å². The van der Waals surface area contributed by atoms with Crippen LogP contribution in [0.15, 0.2) is 18.2 Å².